The zero-order chi connectivity index (χ0) is 27.0. The second-order valence-corrected chi connectivity index (χ2v) is 8.89. The largest absolute Gasteiger partial charge is 0.349 e. The molecule has 9 nitrogen and oxygen atoms in total. The zero-order valence-corrected chi connectivity index (χ0v) is 20.8. The molecule has 188 valence electrons. The molecule has 37 heavy (non-hydrogen) atoms. The summed E-state index contributed by atoms with van der Waals surface area (Å²) in [7, 11) is 0. The van der Waals surface area contributed by atoms with Gasteiger partial charge in [-0.05, 0) is 55.8 Å². The molecule has 0 saturated heterocycles. The summed E-state index contributed by atoms with van der Waals surface area (Å²) in [4.78, 5) is 50.0. The molecule has 0 aliphatic carbocycles. The fraction of sp³-hybridized carbons (Fsp3) is 0.0800. The van der Waals surface area contributed by atoms with E-state index in [0.717, 1.165) is 17.0 Å². The molecular formula is C25H17Cl2FN4O5. The Morgan fingerprint density at radius 1 is 0.973 bits per heavy atom. The maximum atomic E-state index is 13.5. The molecule has 0 bridgehead atoms. The average molecular weight is 543 g/mol. The number of nitro groups is 1. The predicted molar refractivity (Wildman–Crippen MR) is 137 cm³/mol. The van der Waals surface area contributed by atoms with Gasteiger partial charge in [-0.15, -0.1) is 0 Å². The summed E-state index contributed by atoms with van der Waals surface area (Å²) in [6, 6.07) is 12.3. The van der Waals surface area contributed by atoms with Crippen molar-refractivity contribution in [3.8, 4) is 0 Å². The molecule has 0 aromatic heterocycles. The van der Waals surface area contributed by atoms with Crippen LogP contribution in [0.3, 0.4) is 0 Å². The first-order valence-corrected chi connectivity index (χ1v) is 11.4. The predicted octanol–water partition coefficient (Wildman–Crippen LogP) is 5.69. The molecule has 2 N–H and O–H groups in total. The highest BCUT2D eigenvalue weighted by Crippen LogP contribution is 2.33. The molecule has 0 unspecified atom stereocenters. The van der Waals surface area contributed by atoms with Crippen LogP contribution in [-0.4, -0.2) is 22.6 Å². The Bertz CT molecular complexity index is 1540. The SMILES string of the molecule is Cc1ccc(C(=O)Nc2ccc(C)c([N+](=O)[O-])c2)cc1NC1=C(Cl)C(=O)N(c2ccc(F)c(Cl)c2)C1=O. The van der Waals surface area contributed by atoms with Gasteiger partial charge in [0.05, 0.1) is 15.6 Å². The molecule has 1 aliphatic rings. The van der Waals surface area contributed by atoms with E-state index in [-0.39, 0.29) is 33.3 Å². The maximum absolute atomic E-state index is 13.5. The standard InChI is InChI=1S/C25H17Cl2FN4O5/c1-12-3-5-14(23(33)29-15-6-4-13(2)20(10-15)32(36)37)9-19(12)30-22-21(27)24(34)31(25(22)35)16-7-8-18(28)17(26)11-16/h3-11,30H,1-2H3,(H,29,33). The molecule has 0 radical (unpaired) electrons. The van der Waals surface area contributed by atoms with Crippen molar-refractivity contribution in [3.05, 3.63) is 103 Å². The highest BCUT2D eigenvalue weighted by Gasteiger charge is 2.39. The number of anilines is 3. The Morgan fingerprint density at radius 3 is 2.35 bits per heavy atom. The summed E-state index contributed by atoms with van der Waals surface area (Å²) in [6.07, 6.45) is 0. The molecule has 3 aromatic carbocycles. The first-order valence-electron chi connectivity index (χ1n) is 10.7. The van der Waals surface area contributed by atoms with E-state index in [1.54, 1.807) is 19.9 Å². The Labute approximate surface area is 219 Å². The minimum atomic E-state index is -0.829. The Kier molecular flexibility index (Phi) is 6.97. The molecule has 4 rings (SSSR count). The molecule has 0 atom stereocenters. The van der Waals surface area contributed by atoms with Crippen LogP contribution < -0.4 is 15.5 Å². The van der Waals surface area contributed by atoms with Crippen molar-refractivity contribution in [2.24, 2.45) is 0 Å². The lowest BCUT2D eigenvalue weighted by Crippen LogP contribution is -2.32. The number of hydrogen-bond donors (Lipinski definition) is 2. The summed E-state index contributed by atoms with van der Waals surface area (Å²) in [6.45, 7) is 3.29. The second kappa shape index (κ2) is 10.00. The van der Waals surface area contributed by atoms with Crippen LogP contribution in [0.15, 0.2) is 65.3 Å². The number of hydrogen-bond acceptors (Lipinski definition) is 6. The van der Waals surface area contributed by atoms with E-state index in [2.05, 4.69) is 10.6 Å². The van der Waals surface area contributed by atoms with Gasteiger partial charge in [-0.3, -0.25) is 24.5 Å². The van der Waals surface area contributed by atoms with Gasteiger partial charge in [0.2, 0.25) is 0 Å². The lowest BCUT2D eigenvalue weighted by Gasteiger charge is -2.16. The van der Waals surface area contributed by atoms with Gasteiger partial charge in [0.25, 0.3) is 23.4 Å². The van der Waals surface area contributed by atoms with Crippen molar-refractivity contribution in [2.75, 3.05) is 15.5 Å². The third kappa shape index (κ3) is 5.02. The number of nitro benzene ring substituents is 1. The van der Waals surface area contributed by atoms with Crippen molar-refractivity contribution < 1.29 is 23.7 Å². The number of carbonyl (C=O) groups excluding carboxylic acids is 3. The van der Waals surface area contributed by atoms with E-state index < -0.39 is 33.5 Å². The molecule has 3 aromatic rings. The van der Waals surface area contributed by atoms with Crippen molar-refractivity contribution in [1.29, 1.82) is 0 Å². The Balaban J connectivity index is 1.58. The number of benzene rings is 3. The summed E-state index contributed by atoms with van der Waals surface area (Å²) in [5.41, 5.74) is 1.46. The molecule has 1 aliphatic heterocycles. The fourth-order valence-electron chi connectivity index (χ4n) is 3.59. The number of nitrogens with one attached hydrogen (secondary N) is 2. The highest BCUT2D eigenvalue weighted by molar-refractivity contribution is 6.53. The number of rotatable bonds is 6. The van der Waals surface area contributed by atoms with E-state index in [0.29, 0.717) is 16.8 Å². The molecular weight excluding hydrogens is 526 g/mol. The van der Waals surface area contributed by atoms with Gasteiger partial charge in [-0.2, -0.15) is 0 Å². The number of nitrogens with zero attached hydrogens (tertiary/aromatic N) is 2. The monoisotopic (exact) mass is 542 g/mol. The number of amides is 3. The zero-order valence-electron chi connectivity index (χ0n) is 19.3. The fourth-order valence-corrected chi connectivity index (χ4v) is 3.98. The van der Waals surface area contributed by atoms with E-state index in [9.17, 15) is 28.9 Å². The molecule has 0 spiro atoms. The highest BCUT2D eigenvalue weighted by atomic mass is 35.5. The van der Waals surface area contributed by atoms with Crippen LogP contribution in [0.4, 0.5) is 27.1 Å². The van der Waals surface area contributed by atoms with Crippen molar-refractivity contribution in [3.63, 3.8) is 0 Å². The van der Waals surface area contributed by atoms with E-state index in [1.807, 2.05) is 0 Å². The average Bonchev–Trinajstić information content (AvgIpc) is 3.06. The van der Waals surface area contributed by atoms with E-state index in [4.69, 9.17) is 23.2 Å². The van der Waals surface area contributed by atoms with E-state index in [1.165, 1.54) is 36.4 Å². The Morgan fingerprint density at radius 2 is 1.68 bits per heavy atom. The van der Waals surface area contributed by atoms with Crippen LogP contribution in [0, 0.1) is 29.8 Å². The molecule has 0 saturated carbocycles. The molecule has 12 heteroatoms. The van der Waals surface area contributed by atoms with Crippen LogP contribution in [-0.2, 0) is 9.59 Å². The van der Waals surface area contributed by atoms with Crippen LogP contribution >= 0.6 is 23.2 Å². The number of carbonyl (C=O) groups is 3. The van der Waals surface area contributed by atoms with Crippen LogP contribution in [0.2, 0.25) is 5.02 Å². The molecule has 1 heterocycles. The van der Waals surface area contributed by atoms with E-state index >= 15 is 0 Å². The smallest absolute Gasteiger partial charge is 0.283 e. The number of halogens is 3. The van der Waals surface area contributed by atoms with Gasteiger partial charge in [-0.1, -0.05) is 35.3 Å². The summed E-state index contributed by atoms with van der Waals surface area (Å²) < 4.78 is 13.5. The Hall–Kier alpha value is -4.28. The first kappa shape index (κ1) is 25.8. The number of imide groups is 1. The third-order valence-corrected chi connectivity index (χ3v) is 6.25. The van der Waals surface area contributed by atoms with Crippen molar-refractivity contribution in [1.82, 2.24) is 0 Å². The summed E-state index contributed by atoms with van der Waals surface area (Å²) in [5.74, 6) is -2.89. The van der Waals surface area contributed by atoms with Crippen LogP contribution in [0.5, 0.6) is 0 Å². The lowest BCUT2D eigenvalue weighted by molar-refractivity contribution is -0.385. The third-order valence-electron chi connectivity index (χ3n) is 5.61. The van der Waals surface area contributed by atoms with Gasteiger partial charge in [-0.25, -0.2) is 9.29 Å². The maximum Gasteiger partial charge on any atom is 0.283 e. The van der Waals surface area contributed by atoms with Gasteiger partial charge < -0.3 is 10.6 Å². The van der Waals surface area contributed by atoms with Crippen LogP contribution in [0.1, 0.15) is 21.5 Å². The second-order valence-electron chi connectivity index (χ2n) is 8.10. The number of aryl methyl sites for hydroxylation is 2. The normalized spacial score (nSPS) is 13.3. The first-order chi connectivity index (χ1) is 17.5. The summed E-state index contributed by atoms with van der Waals surface area (Å²) >= 11 is 12.0. The van der Waals surface area contributed by atoms with Gasteiger partial charge in [0.15, 0.2) is 0 Å². The van der Waals surface area contributed by atoms with Crippen LogP contribution in [0.25, 0.3) is 0 Å². The quantitative estimate of drug-likeness (QED) is 0.234. The topological polar surface area (TPSA) is 122 Å². The minimum Gasteiger partial charge on any atom is -0.349 e. The lowest BCUT2D eigenvalue weighted by atomic mass is 10.1. The van der Waals surface area contributed by atoms with Gasteiger partial charge in [0.1, 0.15) is 16.5 Å². The minimum absolute atomic E-state index is 0.0355. The van der Waals surface area contributed by atoms with Gasteiger partial charge >= 0.3 is 0 Å². The van der Waals surface area contributed by atoms with Gasteiger partial charge in [0, 0.05) is 28.6 Å². The molecule has 3 amide bonds. The molecule has 0 fully saturated rings. The summed E-state index contributed by atoms with van der Waals surface area (Å²) in [5, 5.41) is 15.9. The van der Waals surface area contributed by atoms with Crippen molar-refractivity contribution >= 4 is 63.7 Å². The van der Waals surface area contributed by atoms with Crippen molar-refractivity contribution in [2.45, 2.75) is 13.8 Å².